The zero-order valence-corrected chi connectivity index (χ0v) is 35.3. The van der Waals surface area contributed by atoms with Crippen LogP contribution in [-0.4, -0.2) is 9.13 Å². The molecule has 0 amide bonds. The molecule has 0 radical (unpaired) electrons. The third kappa shape index (κ3) is 6.47. The zero-order valence-electron chi connectivity index (χ0n) is 35.3. The highest BCUT2D eigenvalue weighted by Crippen LogP contribution is 2.43. The van der Waals surface area contributed by atoms with Crippen molar-refractivity contribution >= 4 is 67.2 Å². The topological polar surface area (TPSA) is 16.3 Å². The van der Waals surface area contributed by atoms with Crippen LogP contribution in [0.2, 0.25) is 0 Å². The Morgan fingerprint density at radius 3 is 1.36 bits per heavy atom. The number of hydrogen-bond acceptors (Lipinski definition) is 2. The summed E-state index contributed by atoms with van der Waals surface area (Å²) in [4.78, 5) is 4.80. The molecule has 1 aliphatic rings. The lowest BCUT2D eigenvalue weighted by Gasteiger charge is -2.30. The summed E-state index contributed by atoms with van der Waals surface area (Å²) in [5, 5.41) is 3.82. The first-order valence-corrected chi connectivity index (χ1v) is 22.1. The minimum absolute atomic E-state index is 0.938. The monoisotopic (exact) mass is 820 g/mol. The predicted molar refractivity (Wildman–Crippen MR) is 269 cm³/mol. The molecule has 0 spiro atoms. The van der Waals surface area contributed by atoms with E-state index in [1.165, 1.54) is 66.5 Å². The van der Waals surface area contributed by atoms with Crippen molar-refractivity contribution in [2.24, 2.45) is 0 Å². The van der Waals surface area contributed by atoms with Crippen molar-refractivity contribution in [2.75, 3.05) is 9.80 Å². The smallest absolute Gasteiger partial charge is 0.0561 e. The van der Waals surface area contributed by atoms with Gasteiger partial charge in [-0.1, -0.05) is 140 Å². The van der Waals surface area contributed by atoms with Crippen LogP contribution in [0.15, 0.2) is 242 Å². The van der Waals surface area contributed by atoms with Crippen LogP contribution in [0, 0.1) is 0 Å². The van der Waals surface area contributed by atoms with Gasteiger partial charge in [0.05, 0.1) is 22.2 Å². The maximum atomic E-state index is 2.44. The number of para-hydroxylation sites is 6. The highest BCUT2D eigenvalue weighted by atomic mass is 15.2. The van der Waals surface area contributed by atoms with Crippen LogP contribution in [0.5, 0.6) is 0 Å². The Balaban J connectivity index is 0.904. The van der Waals surface area contributed by atoms with Crippen LogP contribution in [0.1, 0.15) is 17.7 Å². The lowest BCUT2D eigenvalue weighted by Crippen LogP contribution is -2.19. The van der Waals surface area contributed by atoms with E-state index in [1.807, 2.05) is 0 Å². The van der Waals surface area contributed by atoms with Crippen molar-refractivity contribution in [1.82, 2.24) is 9.13 Å². The van der Waals surface area contributed by atoms with Crippen LogP contribution in [-0.2, 0) is 6.42 Å². The summed E-state index contributed by atoms with van der Waals surface area (Å²) in [7, 11) is 0. The fourth-order valence-electron chi connectivity index (χ4n) is 9.90. The number of aryl methyl sites for hydroxylation is 1. The molecule has 0 saturated heterocycles. The van der Waals surface area contributed by atoms with Crippen LogP contribution in [0.4, 0.5) is 28.4 Å². The first-order valence-electron chi connectivity index (χ1n) is 22.1. The van der Waals surface area contributed by atoms with Gasteiger partial charge in [-0.15, -0.1) is 0 Å². The number of rotatable bonds is 9. The molecule has 0 atom stereocenters. The lowest BCUT2D eigenvalue weighted by molar-refractivity contribution is 0.886. The quantitative estimate of drug-likeness (QED) is 0.144. The summed E-state index contributed by atoms with van der Waals surface area (Å²) >= 11 is 0. The third-order valence-corrected chi connectivity index (χ3v) is 12.8. The molecule has 12 rings (SSSR count). The van der Waals surface area contributed by atoms with Crippen LogP contribution in [0.3, 0.4) is 0 Å². The van der Waals surface area contributed by atoms with Gasteiger partial charge in [-0.2, -0.15) is 0 Å². The second-order valence-corrected chi connectivity index (χ2v) is 16.5. The summed E-state index contributed by atoms with van der Waals surface area (Å²) in [5.74, 6) is 0. The largest absolute Gasteiger partial charge is 0.314 e. The zero-order chi connectivity index (χ0) is 42.4. The molecule has 4 nitrogen and oxygen atoms in total. The van der Waals surface area contributed by atoms with Gasteiger partial charge in [-0.25, -0.2) is 0 Å². The average molecular weight is 821 g/mol. The highest BCUT2D eigenvalue weighted by Gasteiger charge is 2.25. The Kier molecular flexibility index (Phi) is 9.27. The number of benzene rings is 9. The Morgan fingerprint density at radius 2 is 0.750 bits per heavy atom. The fourth-order valence-corrected chi connectivity index (χ4v) is 9.90. The molecule has 11 aromatic rings. The van der Waals surface area contributed by atoms with Crippen molar-refractivity contribution in [2.45, 2.75) is 12.8 Å². The van der Waals surface area contributed by atoms with E-state index in [0.717, 1.165) is 47.0 Å². The molecular weight excluding hydrogens is 777 g/mol. The summed E-state index contributed by atoms with van der Waals surface area (Å²) in [5.41, 5.74) is 17.8. The molecule has 4 heteroatoms. The molecular formula is C60H44N4. The van der Waals surface area contributed by atoms with E-state index < -0.39 is 0 Å². The number of allylic oxidation sites excluding steroid dienone is 1. The Bertz CT molecular complexity index is 3460. The summed E-state index contributed by atoms with van der Waals surface area (Å²) in [6.07, 6.45) is 4.33. The normalized spacial score (nSPS) is 12.3. The van der Waals surface area contributed by atoms with Gasteiger partial charge in [0.25, 0.3) is 0 Å². The summed E-state index contributed by atoms with van der Waals surface area (Å²) < 4.78 is 4.82. The molecule has 0 fully saturated rings. The third-order valence-electron chi connectivity index (χ3n) is 12.8. The van der Waals surface area contributed by atoms with E-state index >= 15 is 0 Å². The first kappa shape index (κ1) is 37.4. The van der Waals surface area contributed by atoms with Crippen LogP contribution >= 0.6 is 0 Å². The Morgan fingerprint density at radius 1 is 0.312 bits per heavy atom. The van der Waals surface area contributed by atoms with Gasteiger partial charge in [0.1, 0.15) is 0 Å². The van der Waals surface area contributed by atoms with Crippen molar-refractivity contribution in [3.63, 3.8) is 0 Å². The summed E-state index contributed by atoms with van der Waals surface area (Å²) in [6.45, 7) is 0. The molecule has 1 aliphatic carbocycles. The van der Waals surface area contributed by atoms with E-state index in [0.29, 0.717) is 0 Å². The second kappa shape index (κ2) is 15.8. The lowest BCUT2D eigenvalue weighted by atomic mass is 9.97. The van der Waals surface area contributed by atoms with Gasteiger partial charge < -0.3 is 18.9 Å². The molecule has 0 unspecified atom stereocenters. The number of fused-ring (bicyclic) bond motifs is 6. The molecule has 9 aromatic carbocycles. The molecule has 0 bridgehead atoms. The molecule has 0 aliphatic heterocycles. The van der Waals surface area contributed by atoms with E-state index in [9.17, 15) is 0 Å². The molecule has 2 aromatic heterocycles. The predicted octanol–water partition coefficient (Wildman–Crippen LogP) is 16.0. The minimum atomic E-state index is 0.938. The molecule has 2 heterocycles. The van der Waals surface area contributed by atoms with Gasteiger partial charge >= 0.3 is 0 Å². The second-order valence-electron chi connectivity index (χ2n) is 16.5. The number of hydrogen-bond donors (Lipinski definition) is 0. The van der Waals surface area contributed by atoms with Gasteiger partial charge in [-0.3, -0.25) is 0 Å². The van der Waals surface area contributed by atoms with E-state index in [2.05, 4.69) is 262 Å². The van der Waals surface area contributed by atoms with E-state index in [1.54, 1.807) is 0 Å². The molecule has 304 valence electrons. The van der Waals surface area contributed by atoms with Gasteiger partial charge in [-0.05, 0) is 133 Å². The highest BCUT2D eigenvalue weighted by molar-refractivity contribution is 6.10. The average Bonchev–Trinajstić information content (AvgIpc) is 3.88. The number of anilines is 5. The van der Waals surface area contributed by atoms with Crippen LogP contribution in [0.25, 0.3) is 61.3 Å². The Hall–Kier alpha value is -8.34. The number of aromatic nitrogens is 2. The van der Waals surface area contributed by atoms with Gasteiger partial charge in [0, 0.05) is 61.7 Å². The van der Waals surface area contributed by atoms with Gasteiger partial charge in [0.15, 0.2) is 0 Å². The van der Waals surface area contributed by atoms with E-state index in [4.69, 9.17) is 0 Å². The SMILES string of the molecule is C1=C(N(c2ccccc2)c2ccc(-c3ccc(N(c4ccccc4)c4ccc5c6ccccc6n(-c6ccccc6)c5c4)cc3)cc2)CCc2c1n(-c1ccccc1)c1ccccc21. The van der Waals surface area contributed by atoms with Gasteiger partial charge in [0.2, 0.25) is 0 Å². The molecule has 64 heavy (non-hydrogen) atoms. The van der Waals surface area contributed by atoms with E-state index in [-0.39, 0.29) is 0 Å². The molecule has 0 saturated carbocycles. The maximum absolute atomic E-state index is 2.44. The Labute approximate surface area is 373 Å². The van der Waals surface area contributed by atoms with Crippen molar-refractivity contribution in [1.29, 1.82) is 0 Å². The van der Waals surface area contributed by atoms with Crippen LogP contribution < -0.4 is 9.80 Å². The fraction of sp³-hybridized carbons (Fsp3) is 0.0333. The molecule has 0 N–H and O–H groups in total. The summed E-state index contributed by atoms with van der Waals surface area (Å²) in [6, 6.07) is 85.4. The number of nitrogens with zero attached hydrogens (tertiary/aromatic N) is 4. The van der Waals surface area contributed by atoms with Crippen molar-refractivity contribution in [3.05, 3.63) is 254 Å². The maximum Gasteiger partial charge on any atom is 0.0561 e. The first-order chi connectivity index (χ1) is 31.8. The van der Waals surface area contributed by atoms with Crippen molar-refractivity contribution in [3.8, 4) is 22.5 Å². The van der Waals surface area contributed by atoms with Crippen molar-refractivity contribution < 1.29 is 0 Å². The standard InChI is InChI=1S/C60H44N4/c1-5-17-45(18-6-1)61(51-37-39-55-53-25-13-15-27-57(53)63(59(55)41-51)47-21-9-3-10-22-47)49-33-29-43(30-34-49)44-31-35-50(36-32-44)62(46-19-7-2-8-20-46)52-38-40-56-54-26-14-16-28-58(54)64(60(56)42-52)48-23-11-4-12-24-48/h1-37,39,41-42H,38,40H2. The minimum Gasteiger partial charge on any atom is -0.314 e.